The number of rotatable bonds is 5. The lowest BCUT2D eigenvalue weighted by molar-refractivity contribution is -0.147. The van der Waals surface area contributed by atoms with E-state index in [2.05, 4.69) is 10.0 Å². The first-order chi connectivity index (χ1) is 9.52. The number of nitrogens with one attached hydrogen (secondary N) is 2. The van der Waals surface area contributed by atoms with Gasteiger partial charge in [-0.3, -0.25) is 0 Å². The number of hydrogen-bond acceptors (Lipinski definition) is 5. The van der Waals surface area contributed by atoms with Gasteiger partial charge in [0.2, 0.25) is 10.0 Å². The summed E-state index contributed by atoms with van der Waals surface area (Å²) < 4.78 is 29.8. The molecular weight excluding hydrogens is 302 g/mol. The number of amides is 2. The van der Waals surface area contributed by atoms with Gasteiger partial charge in [0.1, 0.15) is 0 Å². The normalized spacial score (nSPS) is 20.1. The molecule has 1 atom stereocenters. The lowest BCUT2D eigenvalue weighted by Crippen LogP contribution is -2.58. The minimum Gasteiger partial charge on any atom is -0.480 e. The summed E-state index contributed by atoms with van der Waals surface area (Å²) in [5.41, 5.74) is -0.881. The minimum absolute atomic E-state index is 0.0304. The molecule has 1 rings (SSSR count). The van der Waals surface area contributed by atoms with E-state index in [1.807, 2.05) is 0 Å². The van der Waals surface area contributed by atoms with Crippen molar-refractivity contribution in [3.05, 3.63) is 0 Å². The molecular formula is C11H21N3O6S. The molecule has 122 valence electrons. The van der Waals surface area contributed by atoms with Crippen molar-refractivity contribution in [2.45, 2.75) is 25.4 Å². The number of carboxylic acids is 1. The van der Waals surface area contributed by atoms with E-state index in [1.165, 1.54) is 4.90 Å². The molecule has 9 nitrogen and oxygen atoms in total. The van der Waals surface area contributed by atoms with Crippen molar-refractivity contribution in [1.82, 2.24) is 14.9 Å². The van der Waals surface area contributed by atoms with Crippen LogP contribution in [0.1, 0.15) is 13.8 Å². The molecule has 0 saturated carbocycles. The fourth-order valence-electron chi connectivity index (χ4n) is 1.99. The summed E-state index contributed by atoms with van der Waals surface area (Å²) >= 11 is 0. The second-order valence-corrected chi connectivity index (χ2v) is 7.29. The van der Waals surface area contributed by atoms with Crippen molar-refractivity contribution < 1.29 is 27.9 Å². The molecule has 0 radical (unpaired) electrons. The van der Waals surface area contributed by atoms with Crippen LogP contribution in [0.3, 0.4) is 0 Å². The Morgan fingerprint density at radius 3 is 2.57 bits per heavy atom. The van der Waals surface area contributed by atoms with Crippen LogP contribution in [-0.2, 0) is 19.6 Å². The van der Waals surface area contributed by atoms with E-state index in [0.717, 1.165) is 6.26 Å². The van der Waals surface area contributed by atoms with E-state index < -0.39 is 33.6 Å². The maximum absolute atomic E-state index is 12.0. The van der Waals surface area contributed by atoms with E-state index in [0.29, 0.717) is 0 Å². The van der Waals surface area contributed by atoms with Crippen molar-refractivity contribution in [1.29, 1.82) is 0 Å². The molecule has 0 aromatic carbocycles. The number of carboxylic acid groups (broad SMARTS) is 1. The molecule has 1 saturated heterocycles. The lowest BCUT2D eigenvalue weighted by Gasteiger charge is -2.34. The Labute approximate surface area is 123 Å². The van der Waals surface area contributed by atoms with Crippen LogP contribution in [0.5, 0.6) is 0 Å². The third kappa shape index (κ3) is 5.86. The van der Waals surface area contributed by atoms with Gasteiger partial charge in [-0.1, -0.05) is 0 Å². The molecule has 0 aliphatic carbocycles. The highest BCUT2D eigenvalue weighted by Gasteiger charge is 2.33. The molecule has 1 aliphatic rings. The SMILES string of the molecule is CC(C)(CNC(=O)N1CCOCC1C(=O)O)NS(C)(=O)=O. The summed E-state index contributed by atoms with van der Waals surface area (Å²) in [4.78, 5) is 24.3. The van der Waals surface area contributed by atoms with Crippen LogP contribution < -0.4 is 10.0 Å². The first-order valence-corrected chi connectivity index (χ1v) is 8.25. The lowest BCUT2D eigenvalue weighted by atomic mass is 10.1. The van der Waals surface area contributed by atoms with Crippen LogP contribution in [-0.4, -0.2) is 74.6 Å². The summed E-state index contributed by atoms with van der Waals surface area (Å²) in [7, 11) is -3.41. The molecule has 0 spiro atoms. The zero-order chi connectivity index (χ0) is 16.3. The summed E-state index contributed by atoms with van der Waals surface area (Å²) in [5.74, 6) is -1.14. The largest absolute Gasteiger partial charge is 0.480 e. The van der Waals surface area contributed by atoms with Gasteiger partial charge in [-0.25, -0.2) is 22.7 Å². The number of hydrogen-bond donors (Lipinski definition) is 3. The standard InChI is InChI=1S/C11H21N3O6S/c1-11(2,13-21(3,18)19)7-12-10(17)14-4-5-20-6-8(14)9(15)16/h8,13H,4-7H2,1-3H3,(H,12,17)(H,15,16). The minimum atomic E-state index is -3.41. The molecule has 0 aromatic rings. The number of urea groups is 1. The molecule has 1 aliphatic heterocycles. The Kier molecular flexibility index (Phi) is 5.54. The van der Waals surface area contributed by atoms with Gasteiger partial charge in [0, 0.05) is 18.6 Å². The molecule has 10 heteroatoms. The fraction of sp³-hybridized carbons (Fsp3) is 0.818. The Morgan fingerprint density at radius 2 is 2.05 bits per heavy atom. The van der Waals surface area contributed by atoms with Crippen LogP contribution in [0.4, 0.5) is 4.79 Å². The summed E-state index contributed by atoms with van der Waals surface area (Å²) in [6.45, 7) is 3.63. The van der Waals surface area contributed by atoms with E-state index in [-0.39, 0.29) is 26.3 Å². The summed E-state index contributed by atoms with van der Waals surface area (Å²) in [6, 6.07) is -1.60. The maximum Gasteiger partial charge on any atom is 0.328 e. The highest BCUT2D eigenvalue weighted by molar-refractivity contribution is 7.88. The monoisotopic (exact) mass is 323 g/mol. The van der Waals surface area contributed by atoms with Crippen LogP contribution in [0.15, 0.2) is 0 Å². The topological polar surface area (TPSA) is 125 Å². The predicted octanol–water partition coefficient (Wildman–Crippen LogP) is -1.19. The van der Waals surface area contributed by atoms with Gasteiger partial charge in [-0.05, 0) is 13.8 Å². The maximum atomic E-state index is 12.0. The average Bonchev–Trinajstić information content (AvgIpc) is 2.33. The first kappa shape index (κ1) is 17.7. The highest BCUT2D eigenvalue weighted by atomic mass is 32.2. The zero-order valence-corrected chi connectivity index (χ0v) is 13.1. The zero-order valence-electron chi connectivity index (χ0n) is 12.2. The third-order valence-electron chi connectivity index (χ3n) is 2.82. The van der Waals surface area contributed by atoms with Gasteiger partial charge in [-0.2, -0.15) is 0 Å². The first-order valence-electron chi connectivity index (χ1n) is 6.36. The summed E-state index contributed by atoms with van der Waals surface area (Å²) in [6.07, 6.45) is 1.03. The van der Waals surface area contributed by atoms with Crippen molar-refractivity contribution in [2.24, 2.45) is 0 Å². The van der Waals surface area contributed by atoms with Gasteiger partial charge in [0.15, 0.2) is 6.04 Å². The number of aliphatic carboxylic acids is 1. The van der Waals surface area contributed by atoms with Gasteiger partial charge < -0.3 is 20.1 Å². The van der Waals surface area contributed by atoms with E-state index in [1.54, 1.807) is 13.8 Å². The molecule has 0 aromatic heterocycles. The van der Waals surface area contributed by atoms with Crippen LogP contribution in [0.2, 0.25) is 0 Å². The number of sulfonamides is 1. The average molecular weight is 323 g/mol. The molecule has 3 N–H and O–H groups in total. The Bertz CT molecular complexity index is 504. The van der Waals surface area contributed by atoms with Crippen molar-refractivity contribution in [3.63, 3.8) is 0 Å². The molecule has 0 bridgehead atoms. The quantitative estimate of drug-likeness (QED) is 0.584. The second-order valence-electron chi connectivity index (χ2n) is 5.54. The third-order valence-corrected chi connectivity index (χ3v) is 3.74. The Morgan fingerprint density at radius 1 is 1.43 bits per heavy atom. The number of carbonyl (C=O) groups excluding carboxylic acids is 1. The van der Waals surface area contributed by atoms with Crippen LogP contribution in [0.25, 0.3) is 0 Å². The van der Waals surface area contributed by atoms with Crippen molar-refractivity contribution >= 4 is 22.0 Å². The summed E-state index contributed by atoms with van der Waals surface area (Å²) in [5, 5.41) is 11.6. The van der Waals surface area contributed by atoms with Crippen molar-refractivity contribution in [3.8, 4) is 0 Å². The molecule has 21 heavy (non-hydrogen) atoms. The smallest absolute Gasteiger partial charge is 0.328 e. The van der Waals surface area contributed by atoms with Gasteiger partial charge >= 0.3 is 12.0 Å². The van der Waals surface area contributed by atoms with Gasteiger partial charge in [0.05, 0.1) is 19.5 Å². The predicted molar refractivity (Wildman–Crippen MR) is 74.4 cm³/mol. The number of carbonyl (C=O) groups is 2. The highest BCUT2D eigenvalue weighted by Crippen LogP contribution is 2.08. The van der Waals surface area contributed by atoms with E-state index >= 15 is 0 Å². The van der Waals surface area contributed by atoms with Crippen LogP contribution in [0, 0.1) is 0 Å². The fourth-order valence-corrected chi connectivity index (χ4v) is 3.06. The molecule has 1 fully saturated rings. The van der Waals surface area contributed by atoms with E-state index in [4.69, 9.17) is 9.84 Å². The van der Waals surface area contributed by atoms with Gasteiger partial charge in [-0.15, -0.1) is 0 Å². The van der Waals surface area contributed by atoms with Crippen molar-refractivity contribution in [2.75, 3.05) is 32.6 Å². The Balaban J connectivity index is 2.61. The number of ether oxygens (including phenoxy) is 1. The second kappa shape index (κ2) is 6.58. The van der Waals surface area contributed by atoms with E-state index in [9.17, 15) is 18.0 Å². The van der Waals surface area contributed by atoms with Gasteiger partial charge in [0.25, 0.3) is 0 Å². The Hall–Kier alpha value is -1.39. The molecule has 1 heterocycles. The number of nitrogens with zero attached hydrogens (tertiary/aromatic N) is 1. The number of morpholine rings is 1. The molecule has 2 amide bonds. The van der Waals surface area contributed by atoms with Crippen LogP contribution >= 0.6 is 0 Å². The molecule has 1 unspecified atom stereocenters.